The fourth-order valence-electron chi connectivity index (χ4n) is 1.65. The number of pyridine rings is 2. The molecule has 3 heterocycles. The largest absolute Gasteiger partial charge is 0.478 e. The minimum atomic E-state index is -0.953. The Kier molecular flexibility index (Phi) is 3.18. The molecule has 94 valence electrons. The highest BCUT2D eigenvalue weighted by Crippen LogP contribution is 2.32. The van der Waals surface area contributed by atoms with Crippen LogP contribution in [0, 0.1) is 0 Å². The molecule has 3 rings (SSSR count). The summed E-state index contributed by atoms with van der Waals surface area (Å²) in [7, 11) is 0. The molecule has 0 atom stereocenters. The number of hydrogen-bond donors (Lipinski definition) is 1. The summed E-state index contributed by atoms with van der Waals surface area (Å²) < 4.78 is 1.16. The first kappa shape index (κ1) is 12.1. The van der Waals surface area contributed by atoms with E-state index in [1.165, 1.54) is 24.0 Å². The van der Waals surface area contributed by atoms with Crippen LogP contribution in [-0.4, -0.2) is 21.0 Å². The van der Waals surface area contributed by atoms with Crippen LogP contribution in [0.15, 0.2) is 52.1 Å². The van der Waals surface area contributed by atoms with Gasteiger partial charge in [-0.15, -0.1) is 11.3 Å². The maximum Gasteiger partial charge on any atom is 0.335 e. The second-order valence-electron chi connectivity index (χ2n) is 3.74. The number of carboxylic acids is 1. The first-order valence-electron chi connectivity index (χ1n) is 5.43. The van der Waals surface area contributed by atoms with Crippen molar-refractivity contribution in [2.45, 2.75) is 10.1 Å². The van der Waals surface area contributed by atoms with Gasteiger partial charge < -0.3 is 5.11 Å². The van der Waals surface area contributed by atoms with Gasteiger partial charge in [-0.25, -0.2) is 14.8 Å². The zero-order valence-corrected chi connectivity index (χ0v) is 11.2. The summed E-state index contributed by atoms with van der Waals surface area (Å²) in [6, 6.07) is 7.01. The lowest BCUT2D eigenvalue weighted by Crippen LogP contribution is -1.96. The van der Waals surface area contributed by atoms with Gasteiger partial charge in [0.25, 0.3) is 0 Å². The minimum absolute atomic E-state index is 0.231. The van der Waals surface area contributed by atoms with Crippen molar-refractivity contribution < 1.29 is 9.90 Å². The summed E-state index contributed by atoms with van der Waals surface area (Å²) in [4.78, 5) is 19.4. The van der Waals surface area contributed by atoms with Gasteiger partial charge in [0.05, 0.1) is 5.56 Å². The number of fused-ring (bicyclic) bond motifs is 1. The highest BCUT2D eigenvalue weighted by molar-refractivity contribution is 7.99. The normalized spacial score (nSPS) is 10.7. The number of hydrogen-bond acceptors (Lipinski definition) is 5. The highest BCUT2D eigenvalue weighted by Gasteiger charge is 2.09. The zero-order valence-electron chi connectivity index (χ0n) is 9.61. The Morgan fingerprint density at radius 1 is 1.21 bits per heavy atom. The van der Waals surface area contributed by atoms with Crippen LogP contribution in [0.3, 0.4) is 0 Å². The molecule has 4 nitrogen and oxygen atoms in total. The third-order valence-corrected chi connectivity index (χ3v) is 4.36. The van der Waals surface area contributed by atoms with Crippen LogP contribution in [0.25, 0.3) is 10.1 Å². The maximum absolute atomic E-state index is 10.9. The molecule has 0 bridgehead atoms. The van der Waals surface area contributed by atoms with Crippen molar-refractivity contribution in [3.63, 3.8) is 0 Å². The predicted molar refractivity (Wildman–Crippen MR) is 74.9 cm³/mol. The van der Waals surface area contributed by atoms with Gasteiger partial charge in [0, 0.05) is 22.5 Å². The lowest BCUT2D eigenvalue weighted by atomic mass is 10.3. The molecule has 0 fully saturated rings. The predicted octanol–water partition coefficient (Wildman–Crippen LogP) is 3.54. The van der Waals surface area contributed by atoms with E-state index in [0.717, 1.165) is 15.1 Å². The van der Waals surface area contributed by atoms with Crippen molar-refractivity contribution in [2.75, 3.05) is 0 Å². The Morgan fingerprint density at radius 2 is 2.05 bits per heavy atom. The number of aromatic nitrogens is 2. The minimum Gasteiger partial charge on any atom is -0.478 e. The van der Waals surface area contributed by atoms with Gasteiger partial charge in [0.15, 0.2) is 0 Å². The molecule has 1 N–H and O–H groups in total. The third-order valence-electron chi connectivity index (χ3n) is 2.53. The van der Waals surface area contributed by atoms with Crippen molar-refractivity contribution in [3.8, 4) is 0 Å². The standard InChI is InChI=1S/C13H8N2O2S2/c16-13(17)8-1-4-14-11(7-8)19-12-9-3-6-18-10(9)2-5-15-12/h1-7H,(H,16,17). The van der Waals surface area contributed by atoms with E-state index in [4.69, 9.17) is 5.11 Å². The number of carboxylic acid groups (broad SMARTS) is 1. The Balaban J connectivity index is 1.99. The van der Waals surface area contributed by atoms with Crippen molar-refractivity contribution in [3.05, 3.63) is 47.6 Å². The van der Waals surface area contributed by atoms with Gasteiger partial charge in [-0.1, -0.05) is 0 Å². The van der Waals surface area contributed by atoms with Crippen LogP contribution in [0.4, 0.5) is 0 Å². The molecule has 0 aliphatic heterocycles. The number of rotatable bonds is 3. The molecule has 3 aromatic heterocycles. The molecule has 19 heavy (non-hydrogen) atoms. The van der Waals surface area contributed by atoms with Gasteiger partial charge in [-0.3, -0.25) is 0 Å². The molecule has 0 spiro atoms. The number of thiophene rings is 1. The first-order valence-corrected chi connectivity index (χ1v) is 7.13. The second kappa shape index (κ2) is 4.99. The molecular weight excluding hydrogens is 280 g/mol. The van der Waals surface area contributed by atoms with Crippen LogP contribution >= 0.6 is 23.1 Å². The lowest BCUT2D eigenvalue weighted by molar-refractivity contribution is 0.0696. The number of aromatic carboxylic acids is 1. The molecule has 0 saturated carbocycles. The summed E-state index contributed by atoms with van der Waals surface area (Å²) in [5.74, 6) is -0.953. The maximum atomic E-state index is 10.9. The van der Waals surface area contributed by atoms with Crippen LogP contribution in [0.5, 0.6) is 0 Å². The van der Waals surface area contributed by atoms with E-state index in [2.05, 4.69) is 9.97 Å². The summed E-state index contributed by atoms with van der Waals surface area (Å²) in [5.41, 5.74) is 0.231. The zero-order chi connectivity index (χ0) is 13.2. The summed E-state index contributed by atoms with van der Waals surface area (Å²) >= 11 is 3.03. The van der Waals surface area contributed by atoms with Crippen LogP contribution in [0.1, 0.15) is 10.4 Å². The Labute approximate surface area is 117 Å². The first-order chi connectivity index (χ1) is 9.24. The van der Waals surface area contributed by atoms with E-state index >= 15 is 0 Å². The Bertz CT molecular complexity index is 755. The van der Waals surface area contributed by atoms with Crippen molar-refractivity contribution in [1.82, 2.24) is 9.97 Å². The van der Waals surface area contributed by atoms with Crippen LogP contribution in [-0.2, 0) is 0 Å². The van der Waals surface area contributed by atoms with Gasteiger partial charge in [0.2, 0.25) is 0 Å². The van der Waals surface area contributed by atoms with Crippen LogP contribution in [0.2, 0.25) is 0 Å². The number of carbonyl (C=O) groups is 1. The van der Waals surface area contributed by atoms with E-state index in [9.17, 15) is 4.79 Å². The SMILES string of the molecule is O=C(O)c1ccnc(Sc2nccc3sccc23)c1. The fourth-order valence-corrected chi connectivity index (χ4v) is 3.39. The van der Waals surface area contributed by atoms with Crippen molar-refractivity contribution >= 4 is 39.2 Å². The summed E-state index contributed by atoms with van der Waals surface area (Å²) in [6.07, 6.45) is 3.25. The van der Waals surface area contributed by atoms with E-state index in [-0.39, 0.29) is 5.56 Å². The average molecular weight is 288 g/mol. The smallest absolute Gasteiger partial charge is 0.335 e. The van der Waals surface area contributed by atoms with Crippen LogP contribution < -0.4 is 0 Å². The Hall–Kier alpha value is -1.92. The van der Waals surface area contributed by atoms with Gasteiger partial charge in [0.1, 0.15) is 10.1 Å². The molecule has 0 aromatic carbocycles. The summed E-state index contributed by atoms with van der Waals surface area (Å²) in [5, 5.41) is 13.5. The highest BCUT2D eigenvalue weighted by atomic mass is 32.2. The van der Waals surface area contributed by atoms with E-state index in [1.54, 1.807) is 23.6 Å². The summed E-state index contributed by atoms with van der Waals surface area (Å²) in [6.45, 7) is 0. The average Bonchev–Trinajstić information content (AvgIpc) is 2.88. The van der Waals surface area contributed by atoms with E-state index < -0.39 is 5.97 Å². The molecule has 0 saturated heterocycles. The second-order valence-corrected chi connectivity index (χ2v) is 5.70. The molecule has 0 unspecified atom stereocenters. The van der Waals surface area contributed by atoms with Crippen molar-refractivity contribution in [1.29, 1.82) is 0 Å². The molecule has 0 aliphatic carbocycles. The monoisotopic (exact) mass is 288 g/mol. The van der Waals surface area contributed by atoms with Gasteiger partial charge in [-0.05, 0) is 41.4 Å². The topological polar surface area (TPSA) is 63.1 Å². The fraction of sp³-hybridized carbons (Fsp3) is 0. The lowest BCUT2D eigenvalue weighted by Gasteiger charge is -2.02. The van der Waals surface area contributed by atoms with E-state index in [0.29, 0.717) is 5.03 Å². The van der Waals surface area contributed by atoms with Crippen molar-refractivity contribution in [2.24, 2.45) is 0 Å². The molecular formula is C13H8N2O2S2. The van der Waals surface area contributed by atoms with Gasteiger partial charge in [-0.2, -0.15) is 0 Å². The quantitative estimate of drug-likeness (QED) is 0.798. The van der Waals surface area contributed by atoms with Gasteiger partial charge >= 0.3 is 5.97 Å². The number of nitrogens with zero attached hydrogens (tertiary/aromatic N) is 2. The molecule has 0 radical (unpaired) electrons. The molecule has 6 heteroatoms. The Morgan fingerprint density at radius 3 is 2.89 bits per heavy atom. The molecule has 0 aliphatic rings. The third kappa shape index (κ3) is 2.45. The molecule has 3 aromatic rings. The van der Waals surface area contributed by atoms with E-state index in [1.807, 2.05) is 17.5 Å². The molecule has 0 amide bonds.